The van der Waals surface area contributed by atoms with E-state index in [1.165, 1.54) is 0 Å². The van der Waals surface area contributed by atoms with Crippen molar-refractivity contribution >= 4 is 40.9 Å². The molecule has 2 rings (SSSR count). The first-order valence-electron chi connectivity index (χ1n) is 4.69. The summed E-state index contributed by atoms with van der Waals surface area (Å²) in [7, 11) is 0. The van der Waals surface area contributed by atoms with Crippen molar-refractivity contribution in [2.45, 2.75) is 6.54 Å². The third kappa shape index (κ3) is 2.78. The summed E-state index contributed by atoms with van der Waals surface area (Å²) in [6, 6.07) is 0. The van der Waals surface area contributed by atoms with Gasteiger partial charge in [0, 0.05) is 24.1 Å². The lowest BCUT2D eigenvalue weighted by Gasteiger charge is -2.26. The molecule has 4 nitrogen and oxygen atoms in total. The van der Waals surface area contributed by atoms with Gasteiger partial charge in [0.25, 0.3) is 0 Å². The molecule has 0 aromatic carbocycles. The summed E-state index contributed by atoms with van der Waals surface area (Å²) in [4.78, 5) is 21.0. The number of rotatable bonds is 2. The Labute approximate surface area is 107 Å². The zero-order valence-electron chi connectivity index (χ0n) is 8.32. The van der Waals surface area contributed by atoms with Crippen LogP contribution in [0.25, 0.3) is 0 Å². The van der Waals surface area contributed by atoms with Gasteiger partial charge < -0.3 is 4.90 Å². The van der Waals surface area contributed by atoms with Crippen molar-refractivity contribution < 1.29 is 4.79 Å². The summed E-state index contributed by atoms with van der Waals surface area (Å²) in [5.74, 6) is 1.62. The Kier molecular flexibility index (Phi) is 3.89. The molecule has 16 heavy (non-hydrogen) atoms. The summed E-state index contributed by atoms with van der Waals surface area (Å²) >= 11 is 13.2. The predicted octanol–water partition coefficient (Wildman–Crippen LogP) is 1.86. The summed E-state index contributed by atoms with van der Waals surface area (Å²) < 4.78 is 0. The molecule has 0 radical (unpaired) electrons. The van der Waals surface area contributed by atoms with Crippen LogP contribution in [0.2, 0.25) is 10.4 Å². The van der Waals surface area contributed by atoms with Crippen LogP contribution in [0.1, 0.15) is 5.56 Å². The molecule has 1 amide bonds. The summed E-state index contributed by atoms with van der Waals surface area (Å²) in [5.41, 5.74) is 0.728. The fourth-order valence-electron chi connectivity index (χ4n) is 1.40. The van der Waals surface area contributed by atoms with Crippen LogP contribution < -0.4 is 0 Å². The number of aromatic nitrogens is 2. The second-order valence-corrected chi connectivity index (χ2v) is 5.12. The Balaban J connectivity index is 2.10. The van der Waals surface area contributed by atoms with Crippen molar-refractivity contribution in [3.8, 4) is 0 Å². The Morgan fingerprint density at radius 1 is 1.50 bits per heavy atom. The molecule has 0 saturated carbocycles. The van der Waals surface area contributed by atoms with Crippen molar-refractivity contribution in [2.75, 3.05) is 18.1 Å². The Morgan fingerprint density at radius 2 is 2.31 bits per heavy atom. The normalized spacial score (nSPS) is 16.6. The molecule has 0 unspecified atom stereocenters. The maximum atomic E-state index is 11.6. The highest BCUT2D eigenvalue weighted by Crippen LogP contribution is 2.19. The van der Waals surface area contributed by atoms with E-state index < -0.39 is 0 Å². The van der Waals surface area contributed by atoms with Gasteiger partial charge in [0.15, 0.2) is 0 Å². The van der Waals surface area contributed by atoms with Crippen LogP contribution >= 0.6 is 35.0 Å². The van der Waals surface area contributed by atoms with Gasteiger partial charge in [-0.15, -0.1) is 0 Å². The molecule has 0 atom stereocenters. The largest absolute Gasteiger partial charge is 0.337 e. The topological polar surface area (TPSA) is 46.1 Å². The second-order valence-electron chi connectivity index (χ2n) is 3.32. The van der Waals surface area contributed by atoms with Crippen LogP contribution in [0.15, 0.2) is 6.20 Å². The van der Waals surface area contributed by atoms with Crippen LogP contribution in [0.4, 0.5) is 0 Å². The van der Waals surface area contributed by atoms with E-state index in [1.807, 2.05) is 0 Å². The third-order valence-electron chi connectivity index (χ3n) is 2.23. The van der Waals surface area contributed by atoms with Crippen molar-refractivity contribution in [1.29, 1.82) is 0 Å². The SMILES string of the molecule is O=C1CSCCN1Cc1cnc(Cl)nc1Cl. The highest BCUT2D eigenvalue weighted by atomic mass is 35.5. The van der Waals surface area contributed by atoms with Gasteiger partial charge in [-0.3, -0.25) is 4.79 Å². The average molecular weight is 278 g/mol. The van der Waals surface area contributed by atoms with Gasteiger partial charge in [-0.25, -0.2) is 9.97 Å². The number of hydrogen-bond donors (Lipinski definition) is 0. The molecular weight excluding hydrogens is 269 g/mol. The predicted molar refractivity (Wildman–Crippen MR) is 64.8 cm³/mol. The van der Waals surface area contributed by atoms with E-state index in [9.17, 15) is 4.79 Å². The summed E-state index contributed by atoms with van der Waals surface area (Å²) in [6.07, 6.45) is 1.56. The summed E-state index contributed by atoms with van der Waals surface area (Å²) in [6.45, 7) is 1.19. The fraction of sp³-hybridized carbons (Fsp3) is 0.444. The molecule has 2 heterocycles. The van der Waals surface area contributed by atoms with Crippen molar-refractivity contribution in [1.82, 2.24) is 14.9 Å². The Morgan fingerprint density at radius 3 is 3.00 bits per heavy atom. The lowest BCUT2D eigenvalue weighted by atomic mass is 10.3. The highest BCUT2D eigenvalue weighted by Gasteiger charge is 2.19. The van der Waals surface area contributed by atoms with Crippen LogP contribution in [0.5, 0.6) is 0 Å². The van der Waals surface area contributed by atoms with Gasteiger partial charge in [-0.2, -0.15) is 11.8 Å². The van der Waals surface area contributed by atoms with Crippen LogP contribution in [0.3, 0.4) is 0 Å². The Bertz CT molecular complexity index is 416. The van der Waals surface area contributed by atoms with Crippen molar-refractivity contribution in [3.63, 3.8) is 0 Å². The number of thioether (sulfide) groups is 1. The number of hydrogen-bond acceptors (Lipinski definition) is 4. The molecule has 0 aliphatic carbocycles. The maximum absolute atomic E-state index is 11.6. The molecule has 1 aromatic heterocycles. The van der Waals surface area contributed by atoms with Gasteiger partial charge in [0.1, 0.15) is 5.15 Å². The van der Waals surface area contributed by atoms with E-state index >= 15 is 0 Å². The van der Waals surface area contributed by atoms with E-state index in [1.54, 1.807) is 22.9 Å². The quantitative estimate of drug-likeness (QED) is 0.612. The van der Waals surface area contributed by atoms with E-state index in [0.29, 0.717) is 17.5 Å². The minimum absolute atomic E-state index is 0.120. The lowest BCUT2D eigenvalue weighted by Crippen LogP contribution is -2.37. The maximum Gasteiger partial charge on any atom is 0.232 e. The first kappa shape index (κ1) is 12.0. The summed E-state index contributed by atoms with van der Waals surface area (Å²) in [5, 5.41) is 0.431. The number of carbonyl (C=O) groups excluding carboxylic acids is 1. The Hall–Kier alpha value is -0.520. The van der Waals surface area contributed by atoms with Crippen LogP contribution in [0, 0.1) is 0 Å². The molecule has 1 aliphatic heterocycles. The third-order valence-corrected chi connectivity index (χ3v) is 3.66. The first-order chi connectivity index (χ1) is 7.66. The molecule has 1 saturated heterocycles. The molecule has 0 N–H and O–H groups in total. The number of nitrogens with zero attached hydrogens (tertiary/aromatic N) is 3. The van der Waals surface area contributed by atoms with Crippen molar-refractivity contribution in [3.05, 3.63) is 22.2 Å². The molecule has 0 spiro atoms. The monoisotopic (exact) mass is 277 g/mol. The van der Waals surface area contributed by atoms with Crippen LogP contribution in [-0.4, -0.2) is 38.8 Å². The van der Waals surface area contributed by atoms with Gasteiger partial charge in [0.2, 0.25) is 11.2 Å². The first-order valence-corrected chi connectivity index (χ1v) is 6.60. The number of halogens is 2. The zero-order valence-corrected chi connectivity index (χ0v) is 10.6. The number of carbonyl (C=O) groups is 1. The molecule has 1 aliphatic rings. The van der Waals surface area contributed by atoms with Crippen molar-refractivity contribution in [2.24, 2.45) is 0 Å². The minimum atomic E-state index is 0.120. The van der Waals surface area contributed by atoms with E-state index in [4.69, 9.17) is 23.2 Å². The molecule has 1 fully saturated rings. The number of amides is 1. The minimum Gasteiger partial charge on any atom is -0.337 e. The smallest absolute Gasteiger partial charge is 0.232 e. The molecule has 86 valence electrons. The van der Waals surface area contributed by atoms with Gasteiger partial charge in [-0.05, 0) is 11.6 Å². The van der Waals surface area contributed by atoms with E-state index in [0.717, 1.165) is 17.9 Å². The highest BCUT2D eigenvalue weighted by molar-refractivity contribution is 8.00. The molecular formula is C9H9Cl2N3OS. The van der Waals surface area contributed by atoms with Crippen LogP contribution in [-0.2, 0) is 11.3 Å². The van der Waals surface area contributed by atoms with Gasteiger partial charge in [-0.1, -0.05) is 11.6 Å². The zero-order chi connectivity index (χ0) is 11.5. The fourth-order valence-corrected chi connectivity index (χ4v) is 2.61. The molecule has 1 aromatic rings. The second kappa shape index (κ2) is 5.21. The lowest BCUT2D eigenvalue weighted by molar-refractivity contribution is -0.129. The molecule has 7 heteroatoms. The molecule has 0 bridgehead atoms. The van der Waals surface area contributed by atoms with Gasteiger partial charge >= 0.3 is 0 Å². The average Bonchev–Trinajstić information content (AvgIpc) is 2.25. The van der Waals surface area contributed by atoms with E-state index in [2.05, 4.69) is 9.97 Å². The standard InChI is InChI=1S/C9H9Cl2N3OS/c10-8-6(3-12-9(11)13-8)4-14-1-2-16-5-7(14)15/h3H,1-2,4-5H2. The van der Waals surface area contributed by atoms with E-state index in [-0.39, 0.29) is 11.2 Å². The van der Waals surface area contributed by atoms with Gasteiger partial charge in [0.05, 0.1) is 12.3 Å².